The van der Waals surface area contributed by atoms with E-state index < -0.39 is 0 Å². The van der Waals surface area contributed by atoms with E-state index in [9.17, 15) is 4.79 Å². The Hall–Kier alpha value is -2.95. The summed E-state index contributed by atoms with van der Waals surface area (Å²) in [5.41, 5.74) is 4.42. The number of amides is 1. The van der Waals surface area contributed by atoms with Gasteiger partial charge in [0.25, 0.3) is 0 Å². The molecule has 0 aliphatic rings. The van der Waals surface area contributed by atoms with Crippen molar-refractivity contribution in [3.63, 3.8) is 0 Å². The van der Waals surface area contributed by atoms with Crippen molar-refractivity contribution in [1.82, 2.24) is 20.1 Å². The fourth-order valence-corrected chi connectivity index (χ4v) is 2.67. The molecule has 0 spiro atoms. The van der Waals surface area contributed by atoms with Crippen LogP contribution in [-0.4, -0.2) is 20.7 Å². The number of benzene rings is 2. The minimum atomic E-state index is -0.0321. The standard InChI is InChI=1S/C20H22N4O/c1-15-3-5-17(6-4-15)7-12-20(25)23-16(2)18-8-10-19(11-9-18)24-14-21-13-22-24/h3-6,8-11,13-14,16H,7,12H2,1-2H3,(H,23,25). The second-order valence-electron chi connectivity index (χ2n) is 6.21. The summed E-state index contributed by atoms with van der Waals surface area (Å²) in [6.07, 6.45) is 4.41. The van der Waals surface area contributed by atoms with Crippen LogP contribution in [0, 0.1) is 6.92 Å². The van der Waals surface area contributed by atoms with Crippen molar-refractivity contribution in [2.24, 2.45) is 0 Å². The lowest BCUT2D eigenvalue weighted by Crippen LogP contribution is -2.26. The topological polar surface area (TPSA) is 59.8 Å². The lowest BCUT2D eigenvalue weighted by atomic mass is 10.1. The number of aryl methyl sites for hydroxylation is 2. The van der Waals surface area contributed by atoms with Crippen LogP contribution in [0.3, 0.4) is 0 Å². The summed E-state index contributed by atoms with van der Waals surface area (Å²) >= 11 is 0. The minimum Gasteiger partial charge on any atom is -0.350 e. The van der Waals surface area contributed by atoms with E-state index in [2.05, 4.69) is 46.6 Å². The summed E-state index contributed by atoms with van der Waals surface area (Å²) in [5, 5.41) is 7.16. The Kier molecular flexibility index (Phi) is 5.23. The zero-order valence-electron chi connectivity index (χ0n) is 14.5. The van der Waals surface area contributed by atoms with Gasteiger partial charge in [0.15, 0.2) is 0 Å². The Labute approximate surface area is 147 Å². The van der Waals surface area contributed by atoms with Gasteiger partial charge >= 0.3 is 0 Å². The Bertz CT molecular complexity index is 808. The van der Waals surface area contributed by atoms with Crippen LogP contribution in [0.25, 0.3) is 5.69 Å². The summed E-state index contributed by atoms with van der Waals surface area (Å²) in [6, 6.07) is 16.2. The molecule has 0 bridgehead atoms. The number of hydrogen-bond donors (Lipinski definition) is 1. The van der Waals surface area contributed by atoms with Crippen LogP contribution in [0.1, 0.15) is 36.1 Å². The van der Waals surface area contributed by atoms with Crippen LogP contribution in [0.4, 0.5) is 0 Å². The first-order valence-corrected chi connectivity index (χ1v) is 8.42. The molecule has 128 valence electrons. The predicted molar refractivity (Wildman–Crippen MR) is 97.4 cm³/mol. The Morgan fingerprint density at radius 1 is 1.12 bits per heavy atom. The molecule has 0 saturated heterocycles. The maximum absolute atomic E-state index is 12.2. The number of nitrogens with zero attached hydrogens (tertiary/aromatic N) is 3. The second kappa shape index (κ2) is 7.75. The molecular weight excluding hydrogens is 312 g/mol. The van der Waals surface area contributed by atoms with E-state index in [1.54, 1.807) is 11.0 Å². The number of aromatic nitrogens is 3. The summed E-state index contributed by atoms with van der Waals surface area (Å²) in [6.45, 7) is 4.06. The van der Waals surface area contributed by atoms with Gasteiger partial charge in [-0.3, -0.25) is 4.79 Å². The van der Waals surface area contributed by atoms with Gasteiger partial charge in [0.2, 0.25) is 5.91 Å². The lowest BCUT2D eigenvalue weighted by molar-refractivity contribution is -0.121. The fourth-order valence-electron chi connectivity index (χ4n) is 2.67. The minimum absolute atomic E-state index is 0.0321. The van der Waals surface area contributed by atoms with E-state index in [0.717, 1.165) is 17.7 Å². The van der Waals surface area contributed by atoms with Crippen LogP contribution in [0.15, 0.2) is 61.2 Å². The molecule has 1 amide bonds. The lowest BCUT2D eigenvalue weighted by Gasteiger charge is -2.15. The number of carbonyl (C=O) groups is 1. The van der Waals surface area contributed by atoms with Crippen molar-refractivity contribution in [2.45, 2.75) is 32.7 Å². The first-order valence-electron chi connectivity index (χ1n) is 8.42. The Morgan fingerprint density at radius 3 is 2.48 bits per heavy atom. The number of nitrogens with one attached hydrogen (secondary N) is 1. The predicted octanol–water partition coefficient (Wildman–Crippen LogP) is 3.39. The molecule has 25 heavy (non-hydrogen) atoms. The third-order valence-electron chi connectivity index (χ3n) is 4.22. The molecular formula is C20H22N4O. The highest BCUT2D eigenvalue weighted by atomic mass is 16.1. The van der Waals surface area contributed by atoms with Crippen LogP contribution in [0.5, 0.6) is 0 Å². The molecule has 1 atom stereocenters. The average Bonchev–Trinajstić information content (AvgIpc) is 3.16. The van der Waals surface area contributed by atoms with E-state index in [1.807, 2.05) is 31.2 Å². The molecule has 0 fully saturated rings. The highest BCUT2D eigenvalue weighted by Gasteiger charge is 2.10. The summed E-state index contributed by atoms with van der Waals surface area (Å²) < 4.78 is 1.70. The quantitative estimate of drug-likeness (QED) is 0.752. The van der Waals surface area contributed by atoms with Gasteiger partial charge in [0, 0.05) is 6.42 Å². The number of hydrogen-bond acceptors (Lipinski definition) is 3. The first kappa shape index (κ1) is 16.9. The van der Waals surface area contributed by atoms with Crippen molar-refractivity contribution in [3.05, 3.63) is 77.9 Å². The highest BCUT2D eigenvalue weighted by Crippen LogP contribution is 2.15. The van der Waals surface area contributed by atoms with E-state index >= 15 is 0 Å². The van der Waals surface area contributed by atoms with Crippen molar-refractivity contribution in [1.29, 1.82) is 0 Å². The molecule has 1 unspecified atom stereocenters. The zero-order chi connectivity index (χ0) is 17.6. The number of rotatable bonds is 6. The molecule has 1 aromatic heterocycles. The first-order chi connectivity index (χ1) is 12.1. The van der Waals surface area contributed by atoms with Gasteiger partial charge in [-0.15, -0.1) is 0 Å². The normalized spacial score (nSPS) is 11.9. The maximum Gasteiger partial charge on any atom is 0.220 e. The third kappa shape index (κ3) is 4.53. The second-order valence-corrected chi connectivity index (χ2v) is 6.21. The van der Waals surface area contributed by atoms with Gasteiger partial charge in [0.1, 0.15) is 12.7 Å². The highest BCUT2D eigenvalue weighted by molar-refractivity contribution is 5.76. The van der Waals surface area contributed by atoms with Crippen LogP contribution in [0.2, 0.25) is 0 Å². The average molecular weight is 334 g/mol. The van der Waals surface area contributed by atoms with Crippen LogP contribution in [-0.2, 0) is 11.2 Å². The SMILES string of the molecule is Cc1ccc(CCC(=O)NC(C)c2ccc(-n3cncn3)cc2)cc1. The monoisotopic (exact) mass is 334 g/mol. The van der Waals surface area contributed by atoms with Crippen LogP contribution >= 0.6 is 0 Å². The van der Waals surface area contributed by atoms with Gasteiger partial charge in [-0.1, -0.05) is 42.0 Å². The Morgan fingerprint density at radius 2 is 1.84 bits per heavy atom. The molecule has 5 nitrogen and oxygen atoms in total. The fraction of sp³-hybridized carbons (Fsp3) is 0.250. The van der Waals surface area contributed by atoms with Gasteiger partial charge in [-0.25, -0.2) is 9.67 Å². The van der Waals surface area contributed by atoms with Gasteiger partial charge in [0.05, 0.1) is 11.7 Å². The molecule has 1 heterocycles. The molecule has 2 aromatic carbocycles. The molecule has 0 radical (unpaired) electrons. The molecule has 0 aliphatic carbocycles. The van der Waals surface area contributed by atoms with E-state index in [4.69, 9.17) is 0 Å². The molecule has 3 aromatic rings. The summed E-state index contributed by atoms with van der Waals surface area (Å²) in [5.74, 6) is 0.0634. The zero-order valence-corrected chi connectivity index (χ0v) is 14.5. The largest absolute Gasteiger partial charge is 0.350 e. The summed E-state index contributed by atoms with van der Waals surface area (Å²) in [4.78, 5) is 16.1. The van der Waals surface area contributed by atoms with Gasteiger partial charge < -0.3 is 5.32 Å². The van der Waals surface area contributed by atoms with E-state index in [-0.39, 0.29) is 11.9 Å². The van der Waals surface area contributed by atoms with E-state index in [0.29, 0.717) is 6.42 Å². The molecule has 5 heteroatoms. The summed E-state index contributed by atoms with van der Waals surface area (Å²) in [7, 11) is 0. The van der Waals surface area contributed by atoms with E-state index in [1.165, 1.54) is 17.5 Å². The molecule has 3 rings (SSSR count). The van der Waals surface area contributed by atoms with Crippen molar-refractivity contribution < 1.29 is 4.79 Å². The van der Waals surface area contributed by atoms with Crippen molar-refractivity contribution in [2.75, 3.05) is 0 Å². The number of carbonyl (C=O) groups excluding carboxylic acids is 1. The smallest absolute Gasteiger partial charge is 0.220 e. The molecule has 0 saturated carbocycles. The Balaban J connectivity index is 1.53. The molecule has 0 aliphatic heterocycles. The van der Waals surface area contributed by atoms with Crippen molar-refractivity contribution in [3.8, 4) is 5.69 Å². The van der Waals surface area contributed by atoms with Gasteiger partial charge in [-0.05, 0) is 43.5 Å². The van der Waals surface area contributed by atoms with Gasteiger partial charge in [-0.2, -0.15) is 5.10 Å². The van der Waals surface area contributed by atoms with Crippen molar-refractivity contribution >= 4 is 5.91 Å². The molecule has 1 N–H and O–H groups in total. The maximum atomic E-state index is 12.2. The van der Waals surface area contributed by atoms with Crippen LogP contribution < -0.4 is 5.32 Å². The third-order valence-corrected chi connectivity index (χ3v) is 4.22.